The number of carbonyl (C=O) groups is 1. The number of nitrogens with one attached hydrogen (secondary N) is 1. The Hall–Kier alpha value is -1.68. The number of halogens is 2. The van der Waals surface area contributed by atoms with Crippen LogP contribution in [0.25, 0.3) is 0 Å². The van der Waals surface area contributed by atoms with E-state index in [1.54, 1.807) is 42.5 Å². The van der Waals surface area contributed by atoms with E-state index in [4.69, 9.17) is 32.7 Å². The van der Waals surface area contributed by atoms with Crippen LogP contribution in [0.1, 0.15) is 31.4 Å². The van der Waals surface area contributed by atoms with Crippen molar-refractivity contribution in [3.8, 4) is 0 Å². The van der Waals surface area contributed by atoms with Crippen molar-refractivity contribution in [1.82, 2.24) is 9.62 Å². The van der Waals surface area contributed by atoms with Gasteiger partial charge in [0.05, 0.1) is 11.4 Å². The topological polar surface area (TPSA) is 84.9 Å². The van der Waals surface area contributed by atoms with Crippen molar-refractivity contribution < 1.29 is 22.7 Å². The van der Waals surface area contributed by atoms with Crippen molar-refractivity contribution in [3.63, 3.8) is 0 Å². The minimum Gasteiger partial charge on any atom is -0.351 e. The summed E-state index contributed by atoms with van der Waals surface area (Å²) in [6, 6.07) is 11.5. The van der Waals surface area contributed by atoms with Gasteiger partial charge in [-0.05, 0) is 45.0 Å². The molecule has 0 radical (unpaired) electrons. The number of sulfonamides is 1. The van der Waals surface area contributed by atoms with Crippen molar-refractivity contribution in [3.05, 3.63) is 63.6 Å². The summed E-state index contributed by atoms with van der Waals surface area (Å²) in [6.07, 6.45) is -0.615. The second-order valence-corrected chi connectivity index (χ2v) is 10.00. The first-order chi connectivity index (χ1) is 15.7. The summed E-state index contributed by atoms with van der Waals surface area (Å²) in [4.78, 5) is 12.6. The monoisotopic (exact) mass is 516 g/mol. The third kappa shape index (κ3) is 8.24. The minimum absolute atomic E-state index is 0.0574. The molecular formula is C23H30Cl2N2O5S. The Morgan fingerprint density at radius 3 is 2.15 bits per heavy atom. The molecule has 33 heavy (non-hydrogen) atoms. The van der Waals surface area contributed by atoms with Crippen molar-refractivity contribution >= 4 is 39.1 Å². The number of hydrogen-bond donors (Lipinski definition) is 1. The molecule has 0 aromatic heterocycles. The van der Waals surface area contributed by atoms with Gasteiger partial charge in [-0.25, -0.2) is 8.42 Å². The number of ether oxygens (including phenoxy) is 2. The van der Waals surface area contributed by atoms with E-state index in [2.05, 4.69) is 5.32 Å². The van der Waals surface area contributed by atoms with Crippen LogP contribution >= 0.6 is 23.2 Å². The van der Waals surface area contributed by atoms with E-state index >= 15 is 0 Å². The summed E-state index contributed by atoms with van der Waals surface area (Å²) >= 11 is 12.6. The van der Waals surface area contributed by atoms with Crippen LogP contribution in [0.15, 0.2) is 47.4 Å². The molecule has 0 spiro atoms. The highest BCUT2D eigenvalue weighted by Gasteiger charge is 2.27. The van der Waals surface area contributed by atoms with E-state index in [0.717, 1.165) is 5.56 Å². The number of rotatable bonds is 13. The second-order valence-electron chi connectivity index (χ2n) is 7.25. The Balaban J connectivity index is 2.19. The maximum Gasteiger partial charge on any atom is 0.243 e. The minimum atomic E-state index is -3.91. The predicted octanol–water partition coefficient (Wildman–Crippen LogP) is 4.40. The molecule has 0 saturated carbocycles. The molecule has 0 saturated heterocycles. The van der Waals surface area contributed by atoms with Gasteiger partial charge < -0.3 is 14.8 Å². The lowest BCUT2D eigenvalue weighted by Crippen LogP contribution is -2.38. The molecule has 1 amide bonds. The molecule has 0 aliphatic carbocycles. The zero-order chi connectivity index (χ0) is 24.4. The van der Waals surface area contributed by atoms with E-state index in [1.165, 1.54) is 4.31 Å². The Morgan fingerprint density at radius 2 is 1.61 bits per heavy atom. The maximum atomic E-state index is 13.4. The first kappa shape index (κ1) is 27.6. The van der Waals surface area contributed by atoms with Gasteiger partial charge >= 0.3 is 0 Å². The SMILES string of the molecule is CCOC(CNC(=O)CCN(Cc1c(Cl)cccc1Cl)S(=O)(=O)c1ccc(C)cc1)OCC. The lowest BCUT2D eigenvalue weighted by atomic mass is 10.2. The molecule has 0 aliphatic rings. The summed E-state index contributed by atoms with van der Waals surface area (Å²) < 4.78 is 38.8. The quantitative estimate of drug-likeness (QED) is 0.399. The van der Waals surface area contributed by atoms with Gasteiger partial charge in [-0.2, -0.15) is 4.31 Å². The van der Waals surface area contributed by atoms with E-state index in [9.17, 15) is 13.2 Å². The molecule has 2 rings (SSSR count). The van der Waals surface area contributed by atoms with Gasteiger partial charge in [0.1, 0.15) is 0 Å². The average molecular weight is 517 g/mol. The van der Waals surface area contributed by atoms with Crippen LogP contribution in [0, 0.1) is 6.92 Å². The molecule has 7 nitrogen and oxygen atoms in total. The Morgan fingerprint density at radius 1 is 1.03 bits per heavy atom. The summed E-state index contributed by atoms with van der Waals surface area (Å²) in [5.41, 5.74) is 1.41. The Kier molecular flexibility index (Phi) is 11.1. The van der Waals surface area contributed by atoms with Crippen LogP contribution in [-0.4, -0.2) is 51.2 Å². The fourth-order valence-corrected chi connectivity index (χ4v) is 4.98. The van der Waals surface area contributed by atoms with Gasteiger partial charge in [0.25, 0.3) is 0 Å². The molecule has 1 N–H and O–H groups in total. The lowest BCUT2D eigenvalue weighted by molar-refractivity contribution is -0.140. The van der Waals surface area contributed by atoms with Gasteiger partial charge in [-0.3, -0.25) is 4.79 Å². The third-order valence-corrected chi connectivity index (χ3v) is 7.38. The van der Waals surface area contributed by atoms with Crippen LogP contribution < -0.4 is 5.32 Å². The van der Waals surface area contributed by atoms with E-state index < -0.39 is 16.3 Å². The second kappa shape index (κ2) is 13.3. The van der Waals surface area contributed by atoms with Gasteiger partial charge in [-0.1, -0.05) is 47.0 Å². The van der Waals surface area contributed by atoms with Crippen LogP contribution in [0.4, 0.5) is 0 Å². The third-order valence-electron chi connectivity index (χ3n) is 4.81. The summed E-state index contributed by atoms with van der Waals surface area (Å²) in [7, 11) is -3.91. The fourth-order valence-electron chi connectivity index (χ4n) is 3.05. The number of nitrogens with zero attached hydrogens (tertiary/aromatic N) is 1. The molecular weight excluding hydrogens is 487 g/mol. The lowest BCUT2D eigenvalue weighted by Gasteiger charge is -2.24. The van der Waals surface area contributed by atoms with Crippen LogP contribution in [0.2, 0.25) is 10.0 Å². The Labute approximate surface area is 206 Å². The molecule has 2 aromatic carbocycles. The molecule has 10 heteroatoms. The van der Waals surface area contributed by atoms with Crippen molar-refractivity contribution in [2.24, 2.45) is 0 Å². The predicted molar refractivity (Wildman–Crippen MR) is 130 cm³/mol. The van der Waals surface area contributed by atoms with E-state index in [1.807, 2.05) is 20.8 Å². The average Bonchev–Trinajstić information content (AvgIpc) is 2.77. The standard InChI is InChI=1S/C23H30Cl2N2O5S/c1-4-31-23(32-5-2)15-26-22(28)13-14-27(16-19-20(24)7-6-8-21(19)25)33(29,30)18-11-9-17(3)10-12-18/h6-12,23H,4-5,13-16H2,1-3H3,(H,26,28). The number of aryl methyl sites for hydroxylation is 1. The smallest absolute Gasteiger partial charge is 0.243 e. The maximum absolute atomic E-state index is 13.4. The number of benzene rings is 2. The molecule has 0 atom stereocenters. The summed E-state index contributed by atoms with van der Waals surface area (Å²) in [5.74, 6) is -0.325. The highest BCUT2D eigenvalue weighted by Crippen LogP contribution is 2.28. The molecule has 0 heterocycles. The molecule has 0 unspecified atom stereocenters. The first-order valence-electron chi connectivity index (χ1n) is 10.7. The van der Waals surface area contributed by atoms with Crippen molar-refractivity contribution in [2.75, 3.05) is 26.3 Å². The van der Waals surface area contributed by atoms with Crippen LogP contribution in [0.5, 0.6) is 0 Å². The molecule has 182 valence electrons. The van der Waals surface area contributed by atoms with Crippen molar-refractivity contribution in [2.45, 2.75) is 44.9 Å². The van der Waals surface area contributed by atoms with Gasteiger partial charge in [-0.15, -0.1) is 0 Å². The Bertz CT molecular complexity index is 990. The molecule has 2 aromatic rings. The first-order valence-corrected chi connectivity index (χ1v) is 12.9. The van der Waals surface area contributed by atoms with Gasteiger partial charge in [0, 0.05) is 48.3 Å². The molecule has 0 fully saturated rings. The molecule has 0 bridgehead atoms. The number of carbonyl (C=O) groups excluding carboxylic acids is 1. The van der Waals surface area contributed by atoms with E-state index in [0.29, 0.717) is 28.8 Å². The zero-order valence-corrected chi connectivity index (χ0v) is 21.3. The molecule has 0 aliphatic heterocycles. The van der Waals surface area contributed by atoms with Crippen LogP contribution in [0.3, 0.4) is 0 Å². The summed E-state index contributed by atoms with van der Waals surface area (Å²) in [6.45, 7) is 6.48. The highest BCUT2D eigenvalue weighted by atomic mass is 35.5. The number of hydrogen-bond acceptors (Lipinski definition) is 5. The zero-order valence-electron chi connectivity index (χ0n) is 19.0. The number of amides is 1. The largest absolute Gasteiger partial charge is 0.351 e. The van der Waals surface area contributed by atoms with Gasteiger partial charge in [0.2, 0.25) is 15.9 Å². The summed E-state index contributed by atoms with van der Waals surface area (Å²) in [5, 5.41) is 3.44. The van der Waals surface area contributed by atoms with Crippen molar-refractivity contribution in [1.29, 1.82) is 0 Å². The normalized spacial score (nSPS) is 11.8. The van der Waals surface area contributed by atoms with Gasteiger partial charge in [0.15, 0.2) is 6.29 Å². The fraction of sp³-hybridized carbons (Fsp3) is 0.435. The highest BCUT2D eigenvalue weighted by molar-refractivity contribution is 7.89. The van der Waals surface area contributed by atoms with Crippen LogP contribution in [-0.2, 0) is 30.8 Å². The van der Waals surface area contributed by atoms with E-state index in [-0.39, 0.29) is 36.9 Å².